The van der Waals surface area contributed by atoms with Crippen LogP contribution in [0.2, 0.25) is 0 Å². The van der Waals surface area contributed by atoms with E-state index in [2.05, 4.69) is 20.4 Å². The van der Waals surface area contributed by atoms with Crippen molar-refractivity contribution in [1.29, 1.82) is 0 Å². The Morgan fingerprint density at radius 1 is 1.17 bits per heavy atom. The Hall–Kier alpha value is -1.58. The summed E-state index contributed by atoms with van der Waals surface area (Å²) in [5.41, 5.74) is 1.73. The fourth-order valence-corrected chi connectivity index (χ4v) is 8.54. The maximum Gasteiger partial charge on any atom is 0.333 e. The summed E-state index contributed by atoms with van der Waals surface area (Å²) in [6.45, 7) is 12.8. The van der Waals surface area contributed by atoms with Gasteiger partial charge in [-0.25, -0.2) is 4.79 Å². The summed E-state index contributed by atoms with van der Waals surface area (Å²) in [5.74, 6) is 0.463. The molecular formula is C26H38O4. The van der Waals surface area contributed by atoms with Gasteiger partial charge in [-0.3, -0.25) is 4.79 Å². The van der Waals surface area contributed by atoms with Gasteiger partial charge in [0.2, 0.25) is 0 Å². The summed E-state index contributed by atoms with van der Waals surface area (Å²) in [6, 6.07) is 0. The summed E-state index contributed by atoms with van der Waals surface area (Å²) < 4.78 is 6.19. The van der Waals surface area contributed by atoms with Gasteiger partial charge in [-0.05, 0) is 93.0 Å². The summed E-state index contributed by atoms with van der Waals surface area (Å²) in [6.07, 6.45) is 10.6. The molecule has 0 aromatic heterocycles. The first-order valence-corrected chi connectivity index (χ1v) is 11.8. The number of carbonyl (C=O) groups excluding carboxylic acids is 1. The lowest BCUT2D eigenvalue weighted by molar-refractivity contribution is -0.188. The Labute approximate surface area is 181 Å². The molecule has 166 valence electrons. The van der Waals surface area contributed by atoms with E-state index in [-0.39, 0.29) is 34.7 Å². The number of rotatable bonds is 4. The van der Waals surface area contributed by atoms with Crippen molar-refractivity contribution in [3.05, 3.63) is 23.8 Å². The highest BCUT2D eigenvalue weighted by Crippen LogP contribution is 2.73. The van der Waals surface area contributed by atoms with Gasteiger partial charge in [-0.15, -0.1) is 0 Å². The van der Waals surface area contributed by atoms with E-state index in [0.717, 1.165) is 56.9 Å². The number of hydrogen-bond donors (Lipinski definition) is 1. The molecule has 4 fully saturated rings. The molecule has 0 aliphatic heterocycles. The maximum atomic E-state index is 12.7. The third-order valence-electron chi connectivity index (χ3n) is 9.84. The van der Waals surface area contributed by atoms with Gasteiger partial charge >= 0.3 is 11.9 Å². The van der Waals surface area contributed by atoms with Crippen LogP contribution in [-0.4, -0.2) is 23.1 Å². The average Bonchev–Trinajstić information content (AvgIpc) is 2.86. The zero-order chi connectivity index (χ0) is 21.9. The first-order valence-electron chi connectivity index (χ1n) is 11.8. The van der Waals surface area contributed by atoms with Gasteiger partial charge in [0.1, 0.15) is 6.10 Å². The number of aliphatic carboxylic acids is 1. The molecule has 0 saturated heterocycles. The highest BCUT2D eigenvalue weighted by molar-refractivity contribution is 5.88. The van der Waals surface area contributed by atoms with E-state index < -0.39 is 5.97 Å². The van der Waals surface area contributed by atoms with Gasteiger partial charge in [0.15, 0.2) is 0 Å². The van der Waals surface area contributed by atoms with E-state index in [1.807, 2.05) is 19.9 Å². The van der Waals surface area contributed by atoms with Crippen LogP contribution in [0.15, 0.2) is 23.8 Å². The van der Waals surface area contributed by atoms with Gasteiger partial charge < -0.3 is 9.84 Å². The van der Waals surface area contributed by atoms with Crippen LogP contribution in [0.1, 0.15) is 85.5 Å². The number of carboxylic acids is 1. The predicted octanol–water partition coefficient (Wildman–Crippen LogP) is 5.92. The quantitative estimate of drug-likeness (QED) is 0.352. The van der Waals surface area contributed by atoms with Gasteiger partial charge in [-0.1, -0.05) is 32.9 Å². The molecule has 0 radical (unpaired) electrons. The molecule has 0 unspecified atom stereocenters. The first kappa shape index (κ1) is 21.6. The predicted molar refractivity (Wildman–Crippen MR) is 117 cm³/mol. The number of allylic oxidation sites excluding steroid dienone is 1. The van der Waals surface area contributed by atoms with E-state index >= 15 is 0 Å². The van der Waals surface area contributed by atoms with Crippen molar-refractivity contribution < 1.29 is 19.4 Å². The fourth-order valence-electron chi connectivity index (χ4n) is 8.54. The number of hydrogen-bond acceptors (Lipinski definition) is 3. The minimum atomic E-state index is -0.673. The molecule has 7 atom stereocenters. The van der Waals surface area contributed by atoms with Crippen LogP contribution in [0.3, 0.4) is 0 Å². The molecule has 0 aromatic rings. The summed E-state index contributed by atoms with van der Waals surface area (Å²) in [5, 5.41) is 9.62. The summed E-state index contributed by atoms with van der Waals surface area (Å²) in [4.78, 5) is 24.4. The molecule has 0 amide bonds. The van der Waals surface area contributed by atoms with Crippen LogP contribution in [0.5, 0.6) is 0 Å². The Kier molecular flexibility index (Phi) is 5.22. The molecule has 4 aliphatic carbocycles. The van der Waals surface area contributed by atoms with Gasteiger partial charge in [-0.2, -0.15) is 0 Å². The van der Waals surface area contributed by atoms with Crippen molar-refractivity contribution in [2.24, 2.45) is 34.0 Å². The van der Waals surface area contributed by atoms with Crippen LogP contribution in [0, 0.1) is 34.0 Å². The number of carbonyl (C=O) groups is 2. The fraction of sp³-hybridized carbons (Fsp3) is 0.769. The van der Waals surface area contributed by atoms with E-state index in [1.54, 1.807) is 0 Å². The van der Waals surface area contributed by atoms with Crippen LogP contribution < -0.4 is 0 Å². The number of esters is 1. The molecule has 4 saturated carbocycles. The lowest BCUT2D eigenvalue weighted by atomic mass is 9.40. The number of fused-ring (bicyclic) bond motifs is 3. The van der Waals surface area contributed by atoms with Crippen molar-refractivity contribution in [2.45, 2.75) is 91.6 Å². The van der Waals surface area contributed by atoms with Crippen molar-refractivity contribution in [3.8, 4) is 0 Å². The number of carboxylic acid groups (broad SMARTS) is 1. The minimum Gasteiger partial charge on any atom is -0.481 e. The molecule has 4 aliphatic rings. The van der Waals surface area contributed by atoms with E-state index in [4.69, 9.17) is 4.74 Å². The molecule has 0 aromatic carbocycles. The minimum absolute atomic E-state index is 0.0175. The molecule has 4 rings (SSSR count). The highest BCUT2D eigenvalue weighted by atomic mass is 16.5. The van der Waals surface area contributed by atoms with Crippen LogP contribution >= 0.6 is 0 Å². The Morgan fingerprint density at radius 2 is 1.90 bits per heavy atom. The third-order valence-corrected chi connectivity index (χ3v) is 9.84. The SMILES string of the molecule is C=C1[C@@H]2CC[C@H]3[C@]4(C)CCC[C@@](C)(CC(=O)O)[C@H]4CC[C@]3(C2)[C@H]1OC(=O)/C(C)=C/C. The zero-order valence-corrected chi connectivity index (χ0v) is 19.1. The smallest absolute Gasteiger partial charge is 0.333 e. The van der Waals surface area contributed by atoms with E-state index in [1.165, 1.54) is 0 Å². The van der Waals surface area contributed by atoms with Crippen molar-refractivity contribution >= 4 is 11.9 Å². The third kappa shape index (κ3) is 3.00. The van der Waals surface area contributed by atoms with Gasteiger partial charge in [0, 0.05) is 11.0 Å². The van der Waals surface area contributed by atoms with E-state index in [9.17, 15) is 14.7 Å². The van der Waals surface area contributed by atoms with Crippen LogP contribution in [0.4, 0.5) is 0 Å². The van der Waals surface area contributed by atoms with E-state index in [0.29, 0.717) is 23.3 Å². The van der Waals surface area contributed by atoms with Crippen LogP contribution in [-0.2, 0) is 14.3 Å². The normalized spacial score (nSPS) is 45.5. The number of ether oxygens (including phenoxy) is 1. The summed E-state index contributed by atoms with van der Waals surface area (Å²) in [7, 11) is 0. The Balaban J connectivity index is 1.70. The Bertz CT molecular complexity index is 797. The lowest BCUT2D eigenvalue weighted by Crippen LogP contribution is -2.59. The lowest BCUT2D eigenvalue weighted by Gasteiger charge is -2.64. The monoisotopic (exact) mass is 414 g/mol. The Morgan fingerprint density at radius 3 is 2.57 bits per heavy atom. The second-order valence-electron chi connectivity index (χ2n) is 11.3. The van der Waals surface area contributed by atoms with Crippen molar-refractivity contribution in [3.63, 3.8) is 0 Å². The van der Waals surface area contributed by atoms with Crippen molar-refractivity contribution in [2.75, 3.05) is 0 Å². The second-order valence-corrected chi connectivity index (χ2v) is 11.3. The first-order chi connectivity index (χ1) is 14.1. The highest BCUT2D eigenvalue weighted by Gasteiger charge is 2.67. The average molecular weight is 415 g/mol. The van der Waals surface area contributed by atoms with Gasteiger partial charge in [0.25, 0.3) is 0 Å². The largest absolute Gasteiger partial charge is 0.481 e. The molecular weight excluding hydrogens is 376 g/mol. The molecule has 0 heterocycles. The van der Waals surface area contributed by atoms with Crippen molar-refractivity contribution in [1.82, 2.24) is 0 Å². The maximum absolute atomic E-state index is 12.7. The van der Waals surface area contributed by atoms with Crippen LogP contribution in [0.25, 0.3) is 0 Å². The zero-order valence-electron chi connectivity index (χ0n) is 19.1. The molecule has 4 heteroatoms. The molecule has 1 spiro atoms. The summed E-state index contributed by atoms with van der Waals surface area (Å²) >= 11 is 0. The van der Waals surface area contributed by atoms with Gasteiger partial charge in [0.05, 0.1) is 6.42 Å². The second kappa shape index (κ2) is 7.24. The molecule has 4 nitrogen and oxygen atoms in total. The molecule has 1 N–H and O–H groups in total. The molecule has 2 bridgehead atoms. The molecule has 30 heavy (non-hydrogen) atoms. The standard InChI is InChI=1S/C26H38O4/c1-6-16(2)23(29)30-22-17(3)18-8-9-20-25(5)12-7-11-24(4,15-21(27)28)19(25)10-13-26(20,22)14-18/h6,18-20,22H,3,7-15H2,1-2,4-5H3,(H,27,28)/b16-6+/t18-,19-,20+,22+,24+,25-,26-/m1/s1. The topological polar surface area (TPSA) is 63.6 Å².